The number of nitrogens with zero attached hydrogens (tertiary/aromatic N) is 2. The van der Waals surface area contributed by atoms with Gasteiger partial charge in [-0.2, -0.15) is 5.10 Å². The van der Waals surface area contributed by atoms with Crippen LogP contribution in [0, 0.1) is 12.3 Å². The van der Waals surface area contributed by atoms with Gasteiger partial charge in [0.1, 0.15) is 0 Å². The van der Waals surface area contributed by atoms with Crippen LogP contribution in [0.1, 0.15) is 19.5 Å². The second kappa shape index (κ2) is 4.20. The van der Waals surface area contributed by atoms with Crippen LogP contribution in [0.4, 0.5) is 0 Å². The Morgan fingerprint density at radius 1 is 1.73 bits per heavy atom. The van der Waals surface area contributed by atoms with E-state index in [0.717, 1.165) is 5.69 Å². The maximum Gasteiger partial charge on any atom is 0.241 e. The first-order valence-electron chi connectivity index (χ1n) is 4.57. The van der Waals surface area contributed by atoms with E-state index in [2.05, 4.69) is 10.5 Å². The summed E-state index contributed by atoms with van der Waals surface area (Å²) in [5.74, 6) is 4.87. The van der Waals surface area contributed by atoms with Crippen LogP contribution in [-0.2, 0) is 11.3 Å². The molecule has 15 heavy (non-hydrogen) atoms. The Bertz CT molecular complexity index is 372. The van der Waals surface area contributed by atoms with Gasteiger partial charge in [-0.05, 0) is 20.8 Å². The Morgan fingerprint density at radius 2 is 2.33 bits per heavy atom. The maximum absolute atomic E-state index is 11.4. The van der Waals surface area contributed by atoms with E-state index in [0.29, 0.717) is 11.6 Å². The van der Waals surface area contributed by atoms with Crippen molar-refractivity contribution < 1.29 is 4.79 Å². The Hall–Kier alpha value is -1.07. The van der Waals surface area contributed by atoms with Crippen LogP contribution < -0.4 is 11.3 Å². The summed E-state index contributed by atoms with van der Waals surface area (Å²) in [4.78, 5) is 11.4. The van der Waals surface area contributed by atoms with Gasteiger partial charge in [0.2, 0.25) is 5.91 Å². The van der Waals surface area contributed by atoms with Gasteiger partial charge in [0.05, 0.1) is 28.9 Å². The fraction of sp³-hybridized carbons (Fsp3) is 0.556. The lowest BCUT2D eigenvalue weighted by molar-refractivity contribution is -0.130. The molecule has 1 aromatic heterocycles. The summed E-state index contributed by atoms with van der Waals surface area (Å²) in [6.45, 7) is 5.88. The number of carbonyl (C=O) groups is 1. The van der Waals surface area contributed by atoms with Gasteiger partial charge in [0.25, 0.3) is 0 Å². The van der Waals surface area contributed by atoms with Crippen LogP contribution in [0.5, 0.6) is 0 Å². The van der Waals surface area contributed by atoms with Crippen molar-refractivity contribution in [2.75, 3.05) is 0 Å². The molecule has 1 heterocycles. The molecule has 3 N–H and O–H groups in total. The first-order chi connectivity index (χ1) is 6.88. The van der Waals surface area contributed by atoms with Crippen molar-refractivity contribution in [2.45, 2.75) is 27.3 Å². The molecule has 0 aromatic carbocycles. The molecular formula is C9H15ClN4O. The van der Waals surface area contributed by atoms with Gasteiger partial charge in [-0.1, -0.05) is 11.6 Å². The molecule has 1 amide bonds. The van der Waals surface area contributed by atoms with E-state index in [1.54, 1.807) is 24.7 Å². The Balaban J connectivity index is 2.86. The molecule has 5 nitrogen and oxygen atoms in total. The lowest BCUT2D eigenvalue weighted by Crippen LogP contribution is -2.43. The van der Waals surface area contributed by atoms with Gasteiger partial charge in [-0.25, -0.2) is 5.84 Å². The number of nitrogens with two attached hydrogens (primary N) is 1. The fourth-order valence-corrected chi connectivity index (χ4v) is 1.37. The number of amides is 1. The summed E-state index contributed by atoms with van der Waals surface area (Å²) >= 11 is 5.86. The van der Waals surface area contributed by atoms with Crippen LogP contribution in [0.2, 0.25) is 5.02 Å². The van der Waals surface area contributed by atoms with Crippen molar-refractivity contribution in [3.63, 3.8) is 0 Å². The molecule has 1 aromatic rings. The quantitative estimate of drug-likeness (QED) is 0.460. The molecule has 0 spiro atoms. The minimum Gasteiger partial charge on any atom is -0.294 e. The molecule has 0 aliphatic heterocycles. The molecule has 0 aliphatic rings. The van der Waals surface area contributed by atoms with Gasteiger partial charge in [-0.15, -0.1) is 0 Å². The van der Waals surface area contributed by atoms with E-state index in [4.69, 9.17) is 17.4 Å². The maximum atomic E-state index is 11.4. The van der Waals surface area contributed by atoms with E-state index in [9.17, 15) is 4.79 Å². The van der Waals surface area contributed by atoms with Crippen LogP contribution in [0.25, 0.3) is 0 Å². The van der Waals surface area contributed by atoms with Crippen LogP contribution in [0.15, 0.2) is 6.20 Å². The monoisotopic (exact) mass is 230 g/mol. The number of carbonyl (C=O) groups excluding carboxylic acids is 1. The summed E-state index contributed by atoms with van der Waals surface area (Å²) in [7, 11) is 0. The van der Waals surface area contributed by atoms with Gasteiger partial charge in [-0.3, -0.25) is 14.9 Å². The molecular weight excluding hydrogens is 216 g/mol. The number of rotatable bonds is 3. The predicted octanol–water partition coefficient (Wildman–Crippen LogP) is 0.861. The van der Waals surface area contributed by atoms with Gasteiger partial charge in [0, 0.05) is 0 Å². The third kappa shape index (κ3) is 2.49. The highest BCUT2D eigenvalue weighted by Gasteiger charge is 2.28. The molecule has 0 saturated carbocycles. The molecule has 0 radical (unpaired) electrons. The molecule has 1 rings (SSSR count). The zero-order valence-electron chi connectivity index (χ0n) is 9.04. The van der Waals surface area contributed by atoms with Crippen LogP contribution >= 0.6 is 11.6 Å². The van der Waals surface area contributed by atoms with E-state index < -0.39 is 5.41 Å². The highest BCUT2D eigenvalue weighted by Crippen LogP contribution is 2.21. The highest BCUT2D eigenvalue weighted by molar-refractivity contribution is 6.31. The summed E-state index contributed by atoms with van der Waals surface area (Å²) in [5.41, 5.74) is 2.36. The largest absolute Gasteiger partial charge is 0.294 e. The lowest BCUT2D eigenvalue weighted by atomic mass is 9.92. The smallest absolute Gasteiger partial charge is 0.241 e. The molecule has 0 bridgehead atoms. The summed E-state index contributed by atoms with van der Waals surface area (Å²) < 4.78 is 1.69. The third-order valence-corrected chi connectivity index (χ3v) is 2.71. The van der Waals surface area contributed by atoms with Gasteiger partial charge in [0.15, 0.2) is 0 Å². The predicted molar refractivity (Wildman–Crippen MR) is 58.1 cm³/mol. The van der Waals surface area contributed by atoms with Gasteiger partial charge >= 0.3 is 0 Å². The number of hydrogen-bond donors (Lipinski definition) is 2. The number of aromatic nitrogens is 2. The molecule has 0 aliphatic carbocycles. The number of nitrogens with one attached hydrogen (secondary N) is 1. The van der Waals surface area contributed by atoms with Crippen molar-refractivity contribution in [1.29, 1.82) is 0 Å². The standard InChI is InChI=1S/C9H15ClN4O/c1-6-7(10)4-12-14(6)5-9(2,3)8(15)13-11/h4H,5,11H2,1-3H3,(H,13,15). The van der Waals surface area contributed by atoms with Crippen LogP contribution in [-0.4, -0.2) is 15.7 Å². The van der Waals surface area contributed by atoms with E-state index in [1.165, 1.54) is 0 Å². The molecule has 0 unspecified atom stereocenters. The molecule has 0 atom stereocenters. The first kappa shape index (κ1) is 12.0. The lowest BCUT2D eigenvalue weighted by Gasteiger charge is -2.22. The van der Waals surface area contributed by atoms with E-state index in [-0.39, 0.29) is 5.91 Å². The Kier molecular flexibility index (Phi) is 3.36. The molecule has 0 fully saturated rings. The molecule has 6 heteroatoms. The summed E-state index contributed by atoms with van der Waals surface area (Å²) in [6.07, 6.45) is 1.56. The normalized spacial score (nSPS) is 11.5. The highest BCUT2D eigenvalue weighted by atomic mass is 35.5. The summed E-state index contributed by atoms with van der Waals surface area (Å²) in [5, 5.41) is 4.68. The second-order valence-corrected chi connectivity index (χ2v) is 4.50. The third-order valence-electron chi connectivity index (χ3n) is 2.33. The average molecular weight is 231 g/mol. The molecule has 0 saturated heterocycles. The van der Waals surface area contributed by atoms with Crippen molar-refractivity contribution in [2.24, 2.45) is 11.3 Å². The van der Waals surface area contributed by atoms with Crippen molar-refractivity contribution in [3.05, 3.63) is 16.9 Å². The minimum atomic E-state index is -0.616. The topological polar surface area (TPSA) is 72.9 Å². The fourth-order valence-electron chi connectivity index (χ4n) is 1.22. The molecule has 84 valence electrons. The van der Waals surface area contributed by atoms with E-state index in [1.807, 2.05) is 6.92 Å². The van der Waals surface area contributed by atoms with E-state index >= 15 is 0 Å². The summed E-state index contributed by atoms with van der Waals surface area (Å²) in [6, 6.07) is 0. The van der Waals surface area contributed by atoms with Gasteiger partial charge < -0.3 is 0 Å². The zero-order valence-corrected chi connectivity index (χ0v) is 9.80. The second-order valence-electron chi connectivity index (χ2n) is 4.09. The zero-order chi connectivity index (χ0) is 11.6. The van der Waals surface area contributed by atoms with Crippen molar-refractivity contribution in [3.8, 4) is 0 Å². The first-order valence-corrected chi connectivity index (χ1v) is 4.95. The Labute approximate surface area is 93.6 Å². The van der Waals surface area contributed by atoms with Crippen LogP contribution in [0.3, 0.4) is 0 Å². The number of hydrogen-bond acceptors (Lipinski definition) is 3. The minimum absolute atomic E-state index is 0.228. The average Bonchev–Trinajstić information content (AvgIpc) is 2.48. The van der Waals surface area contributed by atoms with Crippen molar-refractivity contribution in [1.82, 2.24) is 15.2 Å². The SMILES string of the molecule is Cc1c(Cl)cnn1CC(C)(C)C(=O)NN. The van der Waals surface area contributed by atoms with Crippen molar-refractivity contribution >= 4 is 17.5 Å². The Morgan fingerprint density at radius 3 is 2.73 bits per heavy atom. The number of halogens is 1. The number of hydrazine groups is 1.